The molecule has 0 bridgehead atoms. The molecule has 0 aromatic heterocycles. The maximum absolute atomic E-state index is 9.02. The van der Waals surface area contributed by atoms with Gasteiger partial charge in [-0.05, 0) is 24.0 Å². The molecule has 0 saturated carbocycles. The van der Waals surface area contributed by atoms with Crippen LogP contribution in [0.2, 0.25) is 0 Å². The summed E-state index contributed by atoms with van der Waals surface area (Å²) in [4.78, 5) is 0. The minimum absolute atomic E-state index is 0.212. The maximum Gasteiger partial charge on any atom is 0.0584 e. The van der Waals surface area contributed by atoms with E-state index in [0.29, 0.717) is 0 Å². The zero-order chi connectivity index (χ0) is 11.1. The van der Waals surface area contributed by atoms with Crippen LogP contribution < -0.4 is 5.32 Å². The molecular weight excluding hydrogens is 186 g/mol. The average molecular weight is 207 g/mol. The molecule has 0 saturated heterocycles. The van der Waals surface area contributed by atoms with Gasteiger partial charge in [-0.25, -0.2) is 0 Å². The van der Waals surface area contributed by atoms with E-state index in [1.165, 1.54) is 11.1 Å². The summed E-state index contributed by atoms with van der Waals surface area (Å²) in [5, 5.41) is 12.3. The van der Waals surface area contributed by atoms with Gasteiger partial charge in [0, 0.05) is 12.6 Å². The number of rotatable bonds is 6. The molecule has 84 valence electrons. The Kier molecular flexibility index (Phi) is 5.37. The molecule has 0 aliphatic carbocycles. The van der Waals surface area contributed by atoms with Crippen molar-refractivity contribution in [1.29, 1.82) is 0 Å². The van der Waals surface area contributed by atoms with Crippen LogP contribution in [-0.4, -0.2) is 17.8 Å². The van der Waals surface area contributed by atoms with Crippen molar-refractivity contribution in [3.05, 3.63) is 35.4 Å². The van der Waals surface area contributed by atoms with E-state index >= 15 is 0 Å². The fourth-order valence-electron chi connectivity index (χ4n) is 1.49. The predicted octanol–water partition coefficient (Wildman–Crippen LogP) is 2.11. The molecule has 2 heteroatoms. The quantitative estimate of drug-likeness (QED) is 0.749. The van der Waals surface area contributed by atoms with Crippen molar-refractivity contribution in [3.63, 3.8) is 0 Å². The van der Waals surface area contributed by atoms with Crippen LogP contribution in [-0.2, 0) is 13.0 Å². The molecule has 1 rings (SSSR count). The van der Waals surface area contributed by atoms with Gasteiger partial charge in [-0.3, -0.25) is 0 Å². The van der Waals surface area contributed by atoms with Crippen LogP contribution in [0.15, 0.2) is 24.3 Å². The smallest absolute Gasteiger partial charge is 0.0584 e. The Hall–Kier alpha value is -0.860. The normalized spacial score (nSPS) is 12.7. The summed E-state index contributed by atoms with van der Waals surface area (Å²) in [6.07, 6.45) is 2.05. The lowest BCUT2D eigenvalue weighted by Crippen LogP contribution is -2.31. The van der Waals surface area contributed by atoms with E-state index < -0.39 is 0 Å². The Morgan fingerprint density at radius 2 is 1.73 bits per heavy atom. The van der Waals surface area contributed by atoms with Crippen LogP contribution in [0.3, 0.4) is 0 Å². The van der Waals surface area contributed by atoms with Crippen LogP contribution in [0.25, 0.3) is 0 Å². The van der Waals surface area contributed by atoms with Gasteiger partial charge in [0.05, 0.1) is 6.61 Å². The van der Waals surface area contributed by atoms with Gasteiger partial charge >= 0.3 is 0 Å². The summed E-state index contributed by atoms with van der Waals surface area (Å²) in [6.45, 7) is 5.28. The van der Waals surface area contributed by atoms with E-state index in [2.05, 4.69) is 43.4 Å². The number of aliphatic hydroxyl groups excluding tert-OH is 1. The van der Waals surface area contributed by atoms with Gasteiger partial charge in [-0.15, -0.1) is 0 Å². The second-order valence-corrected chi connectivity index (χ2v) is 3.84. The van der Waals surface area contributed by atoms with Crippen molar-refractivity contribution < 1.29 is 5.11 Å². The monoisotopic (exact) mass is 207 g/mol. The summed E-state index contributed by atoms with van der Waals surface area (Å²) in [6, 6.07) is 8.84. The molecule has 0 radical (unpaired) electrons. The number of nitrogens with one attached hydrogen (secondary N) is 1. The first-order chi connectivity index (χ1) is 7.30. The SMILES string of the molecule is CCc1ccc(CN[C@@H](CC)CO)cc1. The van der Waals surface area contributed by atoms with Crippen molar-refractivity contribution in [2.45, 2.75) is 39.3 Å². The molecule has 0 amide bonds. The second-order valence-electron chi connectivity index (χ2n) is 3.84. The van der Waals surface area contributed by atoms with Crippen molar-refractivity contribution >= 4 is 0 Å². The first-order valence-corrected chi connectivity index (χ1v) is 5.72. The van der Waals surface area contributed by atoms with E-state index in [-0.39, 0.29) is 12.6 Å². The summed E-state index contributed by atoms with van der Waals surface area (Å²) in [5.74, 6) is 0. The number of aliphatic hydroxyl groups is 1. The molecular formula is C13H21NO. The minimum Gasteiger partial charge on any atom is -0.395 e. The molecule has 2 N–H and O–H groups in total. The Labute approximate surface area is 92.3 Å². The Balaban J connectivity index is 2.43. The van der Waals surface area contributed by atoms with Crippen LogP contribution in [0.1, 0.15) is 31.4 Å². The highest BCUT2D eigenvalue weighted by Gasteiger charge is 2.02. The third-order valence-corrected chi connectivity index (χ3v) is 2.74. The van der Waals surface area contributed by atoms with Crippen LogP contribution in [0.4, 0.5) is 0 Å². The molecule has 0 aliphatic heterocycles. The third kappa shape index (κ3) is 4.02. The lowest BCUT2D eigenvalue weighted by Gasteiger charge is -2.13. The fraction of sp³-hybridized carbons (Fsp3) is 0.538. The van der Waals surface area contributed by atoms with Crippen LogP contribution >= 0.6 is 0 Å². The number of hydrogen-bond donors (Lipinski definition) is 2. The zero-order valence-electron chi connectivity index (χ0n) is 9.66. The van der Waals surface area contributed by atoms with Gasteiger partial charge in [-0.2, -0.15) is 0 Å². The summed E-state index contributed by atoms with van der Waals surface area (Å²) in [5.41, 5.74) is 2.65. The molecule has 0 unspecified atom stereocenters. The average Bonchev–Trinajstić information content (AvgIpc) is 2.31. The summed E-state index contributed by atoms with van der Waals surface area (Å²) >= 11 is 0. The van der Waals surface area contributed by atoms with E-state index in [0.717, 1.165) is 19.4 Å². The largest absolute Gasteiger partial charge is 0.395 e. The van der Waals surface area contributed by atoms with Gasteiger partial charge in [0.25, 0.3) is 0 Å². The molecule has 15 heavy (non-hydrogen) atoms. The molecule has 1 aromatic carbocycles. The first-order valence-electron chi connectivity index (χ1n) is 5.72. The maximum atomic E-state index is 9.02. The third-order valence-electron chi connectivity index (χ3n) is 2.74. The van der Waals surface area contributed by atoms with Gasteiger partial charge in [0.15, 0.2) is 0 Å². The van der Waals surface area contributed by atoms with E-state index in [1.807, 2.05) is 0 Å². The molecule has 0 spiro atoms. The summed E-state index contributed by atoms with van der Waals surface area (Å²) in [7, 11) is 0. The van der Waals surface area contributed by atoms with Crippen LogP contribution in [0.5, 0.6) is 0 Å². The molecule has 1 atom stereocenters. The predicted molar refractivity (Wildman–Crippen MR) is 63.8 cm³/mol. The number of aryl methyl sites for hydroxylation is 1. The van der Waals surface area contributed by atoms with Crippen molar-refractivity contribution in [2.75, 3.05) is 6.61 Å². The zero-order valence-corrected chi connectivity index (χ0v) is 9.66. The Morgan fingerprint density at radius 3 is 2.20 bits per heavy atom. The topological polar surface area (TPSA) is 32.3 Å². The van der Waals surface area contributed by atoms with Gasteiger partial charge in [0.1, 0.15) is 0 Å². The molecule has 0 aliphatic rings. The molecule has 0 fully saturated rings. The van der Waals surface area contributed by atoms with E-state index in [1.54, 1.807) is 0 Å². The molecule has 0 heterocycles. The fourth-order valence-corrected chi connectivity index (χ4v) is 1.49. The first kappa shape index (κ1) is 12.2. The van der Waals surface area contributed by atoms with E-state index in [9.17, 15) is 0 Å². The lowest BCUT2D eigenvalue weighted by molar-refractivity contribution is 0.238. The number of benzene rings is 1. The summed E-state index contributed by atoms with van der Waals surface area (Å²) < 4.78 is 0. The minimum atomic E-state index is 0.212. The van der Waals surface area contributed by atoms with Crippen LogP contribution in [0, 0.1) is 0 Å². The highest BCUT2D eigenvalue weighted by atomic mass is 16.3. The van der Waals surface area contributed by atoms with Crippen molar-refractivity contribution in [1.82, 2.24) is 5.32 Å². The van der Waals surface area contributed by atoms with Gasteiger partial charge in [-0.1, -0.05) is 38.1 Å². The van der Waals surface area contributed by atoms with Crippen molar-refractivity contribution in [2.24, 2.45) is 0 Å². The van der Waals surface area contributed by atoms with Gasteiger partial charge < -0.3 is 10.4 Å². The number of hydrogen-bond acceptors (Lipinski definition) is 2. The Morgan fingerprint density at radius 1 is 1.13 bits per heavy atom. The highest BCUT2D eigenvalue weighted by Crippen LogP contribution is 2.05. The molecule has 2 nitrogen and oxygen atoms in total. The lowest BCUT2D eigenvalue weighted by atomic mass is 10.1. The van der Waals surface area contributed by atoms with Gasteiger partial charge in [0.2, 0.25) is 0 Å². The standard InChI is InChI=1S/C13H21NO/c1-3-11-5-7-12(8-6-11)9-14-13(4-2)10-15/h5-8,13-15H,3-4,9-10H2,1-2H3/t13-/m0/s1. The van der Waals surface area contributed by atoms with E-state index in [4.69, 9.17) is 5.11 Å². The Bertz CT molecular complexity index is 264. The molecule has 1 aromatic rings. The van der Waals surface area contributed by atoms with Crippen molar-refractivity contribution in [3.8, 4) is 0 Å². The highest BCUT2D eigenvalue weighted by molar-refractivity contribution is 5.22. The second kappa shape index (κ2) is 6.59.